The Labute approximate surface area is 150 Å². The Morgan fingerprint density at radius 2 is 1.00 bits per heavy atom. The van der Waals surface area contributed by atoms with Crippen LogP contribution in [0, 0.1) is 0 Å². The van der Waals surface area contributed by atoms with Crippen molar-refractivity contribution < 1.29 is 14.3 Å². The van der Waals surface area contributed by atoms with Crippen LogP contribution in [0.2, 0.25) is 0 Å². The number of benzene rings is 2. The molecule has 3 nitrogen and oxygen atoms in total. The van der Waals surface area contributed by atoms with E-state index in [0.29, 0.717) is 0 Å². The lowest BCUT2D eigenvalue weighted by Gasteiger charge is -2.25. The van der Waals surface area contributed by atoms with Gasteiger partial charge >= 0.3 is 11.9 Å². The molecular formula is C22H26O3. The second kappa shape index (κ2) is 7.64. The molecule has 0 N–H and O–H groups in total. The van der Waals surface area contributed by atoms with Crippen molar-refractivity contribution in [1.29, 1.82) is 0 Å². The fraction of sp³-hybridized carbons (Fsp3) is 0.364. The highest BCUT2D eigenvalue weighted by molar-refractivity contribution is 5.86. The first-order valence-corrected chi connectivity index (χ1v) is 8.55. The topological polar surface area (TPSA) is 43.4 Å². The third-order valence-electron chi connectivity index (χ3n) is 4.51. The highest BCUT2D eigenvalue weighted by Crippen LogP contribution is 2.29. The largest absolute Gasteiger partial charge is 0.393 e. The molecule has 0 aliphatic carbocycles. The van der Waals surface area contributed by atoms with E-state index in [0.717, 1.165) is 11.1 Å². The molecule has 2 aromatic rings. The van der Waals surface area contributed by atoms with Crippen LogP contribution in [0.5, 0.6) is 0 Å². The number of carbonyl (C=O) groups excluding carboxylic acids is 2. The standard InChI is InChI=1S/C22H26O3/c1-21(2,17-11-7-5-8-12-17)15-19(23)25-20(24)16-22(3,4)18-13-9-6-10-14-18/h5-14H,15-16H2,1-4H3. The molecule has 0 atom stereocenters. The number of rotatable bonds is 6. The van der Waals surface area contributed by atoms with Crippen LogP contribution < -0.4 is 0 Å². The normalized spacial score (nSPS) is 11.8. The molecule has 0 spiro atoms. The molecular weight excluding hydrogens is 312 g/mol. The molecule has 0 bridgehead atoms. The lowest BCUT2D eigenvalue weighted by molar-refractivity contribution is -0.161. The van der Waals surface area contributed by atoms with E-state index in [9.17, 15) is 9.59 Å². The summed E-state index contributed by atoms with van der Waals surface area (Å²) >= 11 is 0. The molecule has 0 heterocycles. The zero-order valence-corrected chi connectivity index (χ0v) is 15.4. The van der Waals surface area contributed by atoms with E-state index in [1.54, 1.807) is 0 Å². The zero-order chi connectivity index (χ0) is 18.5. The molecule has 132 valence electrons. The molecule has 0 unspecified atom stereocenters. The minimum Gasteiger partial charge on any atom is -0.393 e. The summed E-state index contributed by atoms with van der Waals surface area (Å²) in [7, 11) is 0. The van der Waals surface area contributed by atoms with Crippen LogP contribution in [0.1, 0.15) is 51.7 Å². The molecule has 0 saturated heterocycles. The van der Waals surface area contributed by atoms with Gasteiger partial charge in [-0.1, -0.05) is 88.4 Å². The van der Waals surface area contributed by atoms with E-state index in [4.69, 9.17) is 4.74 Å². The van der Waals surface area contributed by atoms with Crippen molar-refractivity contribution in [1.82, 2.24) is 0 Å². The predicted octanol–water partition coefficient (Wildman–Crippen LogP) is 4.79. The molecule has 0 radical (unpaired) electrons. The summed E-state index contributed by atoms with van der Waals surface area (Å²) in [6.07, 6.45) is 0.322. The monoisotopic (exact) mass is 338 g/mol. The van der Waals surface area contributed by atoms with E-state index in [2.05, 4.69) is 0 Å². The molecule has 25 heavy (non-hydrogen) atoms. The van der Waals surface area contributed by atoms with Gasteiger partial charge in [0.25, 0.3) is 0 Å². The summed E-state index contributed by atoms with van der Waals surface area (Å²) in [5.41, 5.74) is 1.33. The average molecular weight is 338 g/mol. The van der Waals surface area contributed by atoms with Gasteiger partial charge in [0.15, 0.2) is 0 Å². The van der Waals surface area contributed by atoms with Gasteiger partial charge < -0.3 is 4.74 Å². The fourth-order valence-electron chi connectivity index (χ4n) is 2.90. The maximum atomic E-state index is 12.2. The van der Waals surface area contributed by atoms with Gasteiger partial charge in [-0.05, 0) is 11.1 Å². The summed E-state index contributed by atoms with van der Waals surface area (Å²) in [6, 6.07) is 19.6. The fourth-order valence-corrected chi connectivity index (χ4v) is 2.90. The third kappa shape index (κ3) is 5.28. The van der Waals surface area contributed by atoms with Crippen molar-refractivity contribution in [3.05, 3.63) is 71.8 Å². The number of carbonyl (C=O) groups is 2. The molecule has 0 saturated carbocycles. The van der Waals surface area contributed by atoms with Crippen molar-refractivity contribution in [2.75, 3.05) is 0 Å². The first-order valence-electron chi connectivity index (χ1n) is 8.55. The number of esters is 2. The molecule has 0 fully saturated rings. The van der Waals surface area contributed by atoms with Crippen molar-refractivity contribution in [3.63, 3.8) is 0 Å². The summed E-state index contributed by atoms with van der Waals surface area (Å²) in [4.78, 5) is 24.4. The molecule has 3 heteroatoms. The van der Waals surface area contributed by atoms with Crippen LogP contribution in [0.15, 0.2) is 60.7 Å². The van der Waals surface area contributed by atoms with Crippen molar-refractivity contribution >= 4 is 11.9 Å². The minimum absolute atomic E-state index is 0.161. The van der Waals surface area contributed by atoms with Crippen LogP contribution in [0.3, 0.4) is 0 Å². The summed E-state index contributed by atoms with van der Waals surface area (Å²) in [5.74, 6) is -0.967. The van der Waals surface area contributed by atoms with Crippen molar-refractivity contribution in [2.24, 2.45) is 0 Å². The van der Waals surface area contributed by atoms with Gasteiger partial charge in [-0.15, -0.1) is 0 Å². The lowest BCUT2D eigenvalue weighted by Crippen LogP contribution is -2.28. The van der Waals surface area contributed by atoms with Gasteiger partial charge in [0.1, 0.15) is 0 Å². The summed E-state index contributed by atoms with van der Waals surface area (Å²) in [6.45, 7) is 7.90. The highest BCUT2D eigenvalue weighted by atomic mass is 16.6. The van der Waals surface area contributed by atoms with Crippen molar-refractivity contribution in [2.45, 2.75) is 51.4 Å². The first-order chi connectivity index (χ1) is 11.7. The van der Waals surface area contributed by atoms with E-state index in [1.165, 1.54) is 0 Å². The SMILES string of the molecule is CC(C)(CC(=O)OC(=O)CC(C)(C)c1ccccc1)c1ccccc1. The van der Waals surface area contributed by atoms with Gasteiger partial charge in [0, 0.05) is 10.8 Å². The van der Waals surface area contributed by atoms with Gasteiger partial charge in [-0.25, -0.2) is 0 Å². The van der Waals surface area contributed by atoms with Crippen LogP contribution in [0.4, 0.5) is 0 Å². The lowest BCUT2D eigenvalue weighted by atomic mass is 9.81. The first kappa shape index (κ1) is 18.9. The Bertz CT molecular complexity index is 652. The van der Waals surface area contributed by atoms with E-state index < -0.39 is 11.9 Å². The summed E-state index contributed by atoms with van der Waals surface area (Å²) < 4.78 is 5.09. The molecule has 2 aromatic carbocycles. The Morgan fingerprint density at radius 3 is 1.32 bits per heavy atom. The Balaban J connectivity index is 1.95. The van der Waals surface area contributed by atoms with Gasteiger partial charge in [0.2, 0.25) is 0 Å². The van der Waals surface area contributed by atoms with E-state index in [1.807, 2.05) is 88.4 Å². The van der Waals surface area contributed by atoms with Crippen molar-refractivity contribution in [3.8, 4) is 0 Å². The molecule has 0 aliphatic rings. The molecule has 0 aromatic heterocycles. The third-order valence-corrected chi connectivity index (χ3v) is 4.51. The smallest absolute Gasteiger partial charge is 0.314 e. The minimum atomic E-state index is -0.484. The highest BCUT2D eigenvalue weighted by Gasteiger charge is 2.29. The van der Waals surface area contributed by atoms with Crippen LogP contribution in [-0.2, 0) is 25.2 Å². The molecule has 0 amide bonds. The Kier molecular flexibility index (Phi) is 5.78. The molecule has 0 aliphatic heterocycles. The second-order valence-electron chi connectivity index (χ2n) is 7.70. The maximum Gasteiger partial charge on any atom is 0.314 e. The number of hydrogen-bond donors (Lipinski definition) is 0. The predicted molar refractivity (Wildman–Crippen MR) is 99.3 cm³/mol. The van der Waals surface area contributed by atoms with Crippen LogP contribution >= 0.6 is 0 Å². The average Bonchev–Trinajstić information content (AvgIpc) is 2.55. The number of hydrogen-bond acceptors (Lipinski definition) is 3. The van der Waals surface area contributed by atoms with Crippen LogP contribution in [-0.4, -0.2) is 11.9 Å². The molecule has 2 rings (SSSR count). The van der Waals surface area contributed by atoms with Gasteiger partial charge in [-0.2, -0.15) is 0 Å². The maximum absolute atomic E-state index is 12.2. The van der Waals surface area contributed by atoms with Gasteiger partial charge in [-0.3, -0.25) is 9.59 Å². The van der Waals surface area contributed by atoms with Crippen LogP contribution in [0.25, 0.3) is 0 Å². The Hall–Kier alpha value is -2.42. The quantitative estimate of drug-likeness (QED) is 0.562. The Morgan fingerprint density at radius 1 is 0.680 bits per heavy atom. The van der Waals surface area contributed by atoms with E-state index in [-0.39, 0.29) is 23.7 Å². The zero-order valence-electron chi connectivity index (χ0n) is 15.4. The number of ether oxygens (including phenoxy) is 1. The summed E-state index contributed by atoms with van der Waals surface area (Å²) in [5, 5.41) is 0. The van der Waals surface area contributed by atoms with Gasteiger partial charge in [0.05, 0.1) is 12.8 Å². The van der Waals surface area contributed by atoms with E-state index >= 15 is 0 Å². The second-order valence-corrected chi connectivity index (χ2v) is 7.70.